The topological polar surface area (TPSA) is 55.3 Å². The van der Waals surface area contributed by atoms with Crippen molar-refractivity contribution in [1.82, 2.24) is 9.97 Å². The van der Waals surface area contributed by atoms with E-state index >= 15 is 0 Å². The molecule has 0 N–H and O–H groups in total. The van der Waals surface area contributed by atoms with Crippen molar-refractivity contribution in [3.05, 3.63) is 41.0 Å². The second-order valence-electron chi connectivity index (χ2n) is 4.76. The van der Waals surface area contributed by atoms with Crippen LogP contribution in [0.1, 0.15) is 22.2 Å². The van der Waals surface area contributed by atoms with Crippen molar-refractivity contribution in [2.75, 3.05) is 24.6 Å². The Hall–Kier alpha value is -1.92. The Balaban J connectivity index is 2.66. The van der Waals surface area contributed by atoms with Gasteiger partial charge in [0.05, 0.1) is 12.0 Å². The summed E-state index contributed by atoms with van der Waals surface area (Å²) in [6.07, 6.45) is 3.55. The van der Waals surface area contributed by atoms with Crippen molar-refractivity contribution in [2.24, 2.45) is 0 Å². The fourth-order valence-corrected chi connectivity index (χ4v) is 3.56. The Kier molecular flexibility index (Phi) is 5.74. The molecule has 23 heavy (non-hydrogen) atoms. The molecule has 0 spiro atoms. The first-order valence-corrected chi connectivity index (χ1v) is 8.33. The summed E-state index contributed by atoms with van der Waals surface area (Å²) in [5, 5.41) is 0.952. The molecule has 0 aromatic carbocycles. The van der Waals surface area contributed by atoms with Crippen LogP contribution in [-0.2, 0) is 4.74 Å². The third kappa shape index (κ3) is 3.54. The first kappa shape index (κ1) is 17.4. The lowest BCUT2D eigenvalue weighted by atomic mass is 10.2. The maximum atomic E-state index is 12.1. The number of halogens is 1. The highest BCUT2D eigenvalue weighted by molar-refractivity contribution is 7.20. The lowest BCUT2D eigenvalue weighted by Gasteiger charge is -2.21. The zero-order chi connectivity index (χ0) is 17.0. The van der Waals surface area contributed by atoms with Crippen LogP contribution in [0, 0.1) is 6.92 Å². The second kappa shape index (κ2) is 7.57. The molecule has 5 nitrogen and oxygen atoms in total. The molecule has 2 aromatic rings. The van der Waals surface area contributed by atoms with Gasteiger partial charge in [0, 0.05) is 13.1 Å². The van der Waals surface area contributed by atoms with Gasteiger partial charge in [0.25, 0.3) is 0 Å². The molecular weight excluding hydrogens is 334 g/mol. The number of thiophene rings is 1. The number of carbonyl (C=O) groups excluding carboxylic acids is 1. The van der Waals surface area contributed by atoms with E-state index in [1.807, 2.05) is 11.8 Å². The van der Waals surface area contributed by atoms with Crippen LogP contribution in [0.4, 0.5) is 5.82 Å². The molecule has 0 unspecified atom stereocenters. The smallest absolute Gasteiger partial charge is 0.348 e. The predicted molar refractivity (Wildman–Crippen MR) is 95.7 cm³/mol. The summed E-state index contributed by atoms with van der Waals surface area (Å²) >= 11 is 7.33. The Morgan fingerprint density at radius 2 is 2.00 bits per heavy atom. The number of fused-ring (bicyclic) bond motifs is 1. The van der Waals surface area contributed by atoms with Gasteiger partial charge in [-0.25, -0.2) is 9.78 Å². The maximum absolute atomic E-state index is 12.1. The van der Waals surface area contributed by atoms with Crippen molar-refractivity contribution in [1.29, 1.82) is 0 Å². The number of esters is 1. The third-order valence-electron chi connectivity index (χ3n) is 3.20. The highest BCUT2D eigenvalue weighted by Gasteiger charge is 2.23. The van der Waals surface area contributed by atoms with E-state index in [4.69, 9.17) is 16.3 Å². The van der Waals surface area contributed by atoms with Crippen molar-refractivity contribution < 1.29 is 9.53 Å². The van der Waals surface area contributed by atoms with Crippen LogP contribution in [0.2, 0.25) is 5.28 Å². The standard InChI is InChI=1S/C16H18ClN3O2S/c1-5-8-20(9-6-2)13-11-10(4)12(15(21)22-7-3)23-14(11)19-16(17)18-13/h5-6H,1-2,7-9H2,3-4H3. The fraction of sp³-hybridized carbons (Fsp3) is 0.312. The van der Waals surface area contributed by atoms with Crippen molar-refractivity contribution >= 4 is 44.9 Å². The van der Waals surface area contributed by atoms with Crippen LogP contribution in [0.5, 0.6) is 0 Å². The number of carbonyl (C=O) groups is 1. The van der Waals surface area contributed by atoms with E-state index in [0.717, 1.165) is 10.9 Å². The largest absolute Gasteiger partial charge is 0.462 e. The van der Waals surface area contributed by atoms with Gasteiger partial charge >= 0.3 is 5.97 Å². The molecule has 0 saturated carbocycles. The first-order chi connectivity index (χ1) is 11.0. The van der Waals surface area contributed by atoms with Gasteiger partial charge in [-0.2, -0.15) is 4.98 Å². The molecule has 0 atom stereocenters. The Morgan fingerprint density at radius 1 is 1.35 bits per heavy atom. The molecule has 0 bridgehead atoms. The minimum absolute atomic E-state index is 0.141. The number of anilines is 1. The highest BCUT2D eigenvalue weighted by atomic mass is 35.5. The maximum Gasteiger partial charge on any atom is 0.348 e. The van der Waals surface area contributed by atoms with E-state index in [9.17, 15) is 4.79 Å². The summed E-state index contributed by atoms with van der Waals surface area (Å²) in [5.41, 5.74) is 0.799. The molecule has 0 aliphatic rings. The van der Waals surface area contributed by atoms with E-state index in [1.165, 1.54) is 11.3 Å². The van der Waals surface area contributed by atoms with Crippen LogP contribution in [0.25, 0.3) is 10.2 Å². The second-order valence-corrected chi connectivity index (χ2v) is 6.09. The van der Waals surface area contributed by atoms with E-state index < -0.39 is 0 Å². The Labute approximate surface area is 144 Å². The molecule has 0 saturated heterocycles. The summed E-state index contributed by atoms with van der Waals surface area (Å²) in [6, 6.07) is 0. The quantitative estimate of drug-likeness (QED) is 0.428. The lowest BCUT2D eigenvalue weighted by Crippen LogP contribution is -2.24. The average molecular weight is 352 g/mol. The fourth-order valence-electron chi connectivity index (χ4n) is 2.27. The van der Waals surface area contributed by atoms with Crippen LogP contribution >= 0.6 is 22.9 Å². The van der Waals surface area contributed by atoms with Gasteiger partial charge in [-0.15, -0.1) is 24.5 Å². The number of aromatic nitrogens is 2. The van der Waals surface area contributed by atoms with Crippen LogP contribution in [-0.4, -0.2) is 35.6 Å². The number of aryl methyl sites for hydroxylation is 1. The molecule has 0 amide bonds. The number of ether oxygens (including phenoxy) is 1. The van der Waals surface area contributed by atoms with Gasteiger partial charge < -0.3 is 9.64 Å². The molecule has 0 fully saturated rings. The lowest BCUT2D eigenvalue weighted by molar-refractivity contribution is 0.0531. The SMILES string of the molecule is C=CCN(CC=C)c1nc(Cl)nc2sc(C(=O)OCC)c(C)c12. The number of rotatable bonds is 7. The minimum Gasteiger partial charge on any atom is -0.462 e. The normalized spacial score (nSPS) is 10.6. The van der Waals surface area contributed by atoms with Gasteiger partial charge in [0.15, 0.2) is 0 Å². The molecule has 2 heterocycles. The average Bonchev–Trinajstić information content (AvgIpc) is 2.83. The van der Waals surface area contributed by atoms with Gasteiger partial charge in [-0.05, 0) is 31.0 Å². The molecule has 0 aliphatic carbocycles. The van der Waals surface area contributed by atoms with Crippen molar-refractivity contribution in [3.63, 3.8) is 0 Å². The molecule has 122 valence electrons. The summed E-state index contributed by atoms with van der Waals surface area (Å²) in [5.74, 6) is 0.318. The van der Waals surface area contributed by atoms with Gasteiger partial charge in [0.2, 0.25) is 5.28 Å². The van der Waals surface area contributed by atoms with Crippen molar-refractivity contribution in [2.45, 2.75) is 13.8 Å². The van der Waals surface area contributed by atoms with E-state index in [1.54, 1.807) is 19.1 Å². The third-order valence-corrected chi connectivity index (χ3v) is 4.54. The number of hydrogen-bond donors (Lipinski definition) is 0. The molecule has 2 aromatic heterocycles. The van der Waals surface area contributed by atoms with E-state index in [0.29, 0.717) is 35.2 Å². The van der Waals surface area contributed by atoms with Crippen molar-refractivity contribution in [3.8, 4) is 0 Å². The Bertz CT molecular complexity index is 747. The monoisotopic (exact) mass is 351 g/mol. The predicted octanol–water partition coefficient (Wildman–Crippen LogP) is 4.01. The number of nitrogens with zero attached hydrogens (tertiary/aromatic N) is 3. The van der Waals surface area contributed by atoms with Gasteiger partial charge in [0.1, 0.15) is 15.5 Å². The summed E-state index contributed by atoms with van der Waals surface area (Å²) in [7, 11) is 0. The number of hydrogen-bond acceptors (Lipinski definition) is 6. The molecule has 7 heteroatoms. The first-order valence-electron chi connectivity index (χ1n) is 7.13. The Morgan fingerprint density at radius 3 is 2.57 bits per heavy atom. The highest BCUT2D eigenvalue weighted by Crippen LogP contribution is 2.36. The zero-order valence-electron chi connectivity index (χ0n) is 13.1. The summed E-state index contributed by atoms with van der Waals surface area (Å²) < 4.78 is 5.11. The van der Waals surface area contributed by atoms with E-state index in [-0.39, 0.29) is 11.3 Å². The molecule has 0 aliphatic heterocycles. The van der Waals surface area contributed by atoms with Gasteiger partial charge in [-0.3, -0.25) is 0 Å². The zero-order valence-corrected chi connectivity index (χ0v) is 14.7. The summed E-state index contributed by atoms with van der Waals surface area (Å²) in [4.78, 5) is 23.9. The van der Waals surface area contributed by atoms with Crippen LogP contribution in [0.15, 0.2) is 25.3 Å². The summed E-state index contributed by atoms with van der Waals surface area (Å²) in [6.45, 7) is 12.7. The van der Waals surface area contributed by atoms with Crippen LogP contribution < -0.4 is 4.90 Å². The van der Waals surface area contributed by atoms with Gasteiger partial charge in [-0.1, -0.05) is 12.2 Å². The van der Waals surface area contributed by atoms with Crippen LogP contribution in [0.3, 0.4) is 0 Å². The minimum atomic E-state index is -0.353. The van der Waals surface area contributed by atoms with E-state index in [2.05, 4.69) is 23.1 Å². The molecule has 0 radical (unpaired) electrons. The molecular formula is C16H18ClN3O2S. The molecule has 2 rings (SSSR count).